The largest absolute Gasteiger partial charge is 0.322 e. The number of anilines is 2. The van der Waals surface area contributed by atoms with Crippen LogP contribution in [0, 0.1) is 6.92 Å². The van der Waals surface area contributed by atoms with E-state index in [1.165, 1.54) is 12.1 Å². The van der Waals surface area contributed by atoms with Crippen molar-refractivity contribution in [2.75, 3.05) is 10.0 Å². The van der Waals surface area contributed by atoms with Gasteiger partial charge in [0.2, 0.25) is 0 Å². The van der Waals surface area contributed by atoms with E-state index < -0.39 is 10.0 Å². The van der Waals surface area contributed by atoms with Crippen molar-refractivity contribution in [3.63, 3.8) is 0 Å². The highest BCUT2D eigenvalue weighted by Gasteiger charge is 2.15. The summed E-state index contributed by atoms with van der Waals surface area (Å²) in [6.07, 6.45) is 0. The molecule has 3 aromatic carbocycles. The second kappa shape index (κ2) is 7.82. The molecule has 7 heteroatoms. The van der Waals surface area contributed by atoms with E-state index in [-0.39, 0.29) is 10.8 Å². The first kappa shape index (κ1) is 18.9. The average molecular weight is 401 g/mol. The van der Waals surface area contributed by atoms with Crippen LogP contribution in [-0.4, -0.2) is 14.3 Å². The maximum Gasteiger partial charge on any atom is 0.261 e. The van der Waals surface area contributed by atoms with Crippen molar-refractivity contribution in [2.45, 2.75) is 11.8 Å². The molecule has 0 aliphatic rings. The van der Waals surface area contributed by atoms with Gasteiger partial charge in [-0.1, -0.05) is 29.8 Å². The third-order valence-corrected chi connectivity index (χ3v) is 5.56. The molecule has 0 heterocycles. The Balaban J connectivity index is 1.73. The van der Waals surface area contributed by atoms with Gasteiger partial charge < -0.3 is 5.32 Å². The normalized spacial score (nSPS) is 11.0. The fourth-order valence-corrected chi connectivity index (χ4v) is 3.66. The second-order valence-corrected chi connectivity index (χ2v) is 8.02. The Kier molecular flexibility index (Phi) is 5.48. The molecular formula is C20H17ClN2O3S. The molecule has 3 rings (SSSR count). The Morgan fingerprint density at radius 2 is 1.44 bits per heavy atom. The molecule has 0 fully saturated rings. The minimum atomic E-state index is -3.74. The van der Waals surface area contributed by atoms with Crippen molar-refractivity contribution in [1.29, 1.82) is 0 Å². The first-order valence-electron chi connectivity index (χ1n) is 8.10. The van der Waals surface area contributed by atoms with E-state index in [9.17, 15) is 13.2 Å². The van der Waals surface area contributed by atoms with Gasteiger partial charge in [-0.15, -0.1) is 0 Å². The predicted molar refractivity (Wildman–Crippen MR) is 108 cm³/mol. The average Bonchev–Trinajstić information content (AvgIpc) is 2.64. The number of halogens is 1. The van der Waals surface area contributed by atoms with Crippen LogP contribution in [0.3, 0.4) is 0 Å². The molecule has 27 heavy (non-hydrogen) atoms. The van der Waals surface area contributed by atoms with Crippen LogP contribution in [0.25, 0.3) is 0 Å². The highest BCUT2D eigenvalue weighted by atomic mass is 35.5. The molecule has 0 radical (unpaired) electrons. The third-order valence-electron chi connectivity index (χ3n) is 3.91. The van der Waals surface area contributed by atoms with Crippen LogP contribution in [0.15, 0.2) is 77.7 Å². The molecule has 3 aromatic rings. The van der Waals surface area contributed by atoms with Crippen molar-refractivity contribution >= 4 is 38.9 Å². The number of benzene rings is 3. The van der Waals surface area contributed by atoms with Gasteiger partial charge >= 0.3 is 0 Å². The quantitative estimate of drug-likeness (QED) is 0.651. The molecule has 0 saturated heterocycles. The van der Waals surface area contributed by atoms with E-state index in [1.807, 2.05) is 19.1 Å². The van der Waals surface area contributed by atoms with Gasteiger partial charge in [-0.25, -0.2) is 8.42 Å². The molecule has 0 aliphatic carbocycles. The van der Waals surface area contributed by atoms with Crippen LogP contribution in [0.2, 0.25) is 5.02 Å². The number of nitrogens with one attached hydrogen (secondary N) is 2. The highest BCUT2D eigenvalue weighted by molar-refractivity contribution is 7.92. The molecule has 0 atom stereocenters. The summed E-state index contributed by atoms with van der Waals surface area (Å²) >= 11 is 5.80. The summed E-state index contributed by atoms with van der Waals surface area (Å²) in [5, 5.41) is 3.28. The van der Waals surface area contributed by atoms with Gasteiger partial charge in [0.05, 0.1) is 4.90 Å². The van der Waals surface area contributed by atoms with Crippen molar-refractivity contribution in [1.82, 2.24) is 0 Å². The Hall–Kier alpha value is -2.83. The van der Waals surface area contributed by atoms with Gasteiger partial charge in [-0.3, -0.25) is 9.52 Å². The van der Waals surface area contributed by atoms with E-state index in [0.29, 0.717) is 22.0 Å². The minimum absolute atomic E-state index is 0.0892. The molecule has 1 amide bonds. The van der Waals surface area contributed by atoms with E-state index >= 15 is 0 Å². The van der Waals surface area contributed by atoms with E-state index in [4.69, 9.17) is 11.6 Å². The molecule has 0 unspecified atom stereocenters. The smallest absolute Gasteiger partial charge is 0.261 e. The SMILES string of the molecule is Cc1ccccc1C(=O)Nc1ccc(S(=O)(=O)Nc2ccc(Cl)cc2)cc1. The number of aryl methyl sites for hydroxylation is 1. The number of sulfonamides is 1. The van der Waals surface area contributed by atoms with Gasteiger partial charge in [-0.2, -0.15) is 0 Å². The van der Waals surface area contributed by atoms with Crippen LogP contribution in [0.4, 0.5) is 11.4 Å². The molecule has 0 bridgehead atoms. The van der Waals surface area contributed by atoms with Crippen LogP contribution in [-0.2, 0) is 10.0 Å². The number of rotatable bonds is 5. The van der Waals surface area contributed by atoms with Crippen LogP contribution in [0.1, 0.15) is 15.9 Å². The predicted octanol–water partition coefficient (Wildman–Crippen LogP) is 4.70. The molecule has 0 saturated carbocycles. The molecule has 5 nitrogen and oxygen atoms in total. The Bertz CT molecular complexity index is 1060. The fourth-order valence-electron chi connectivity index (χ4n) is 2.48. The topological polar surface area (TPSA) is 75.3 Å². The first-order valence-corrected chi connectivity index (χ1v) is 9.97. The molecule has 0 spiro atoms. The van der Waals surface area contributed by atoms with Crippen LogP contribution in [0.5, 0.6) is 0 Å². The summed E-state index contributed by atoms with van der Waals surface area (Å²) in [6.45, 7) is 1.85. The number of carbonyl (C=O) groups excluding carboxylic acids is 1. The van der Waals surface area contributed by atoms with Crippen molar-refractivity contribution in [3.8, 4) is 0 Å². The third kappa shape index (κ3) is 4.67. The van der Waals surface area contributed by atoms with Gasteiger partial charge in [0.15, 0.2) is 0 Å². The van der Waals surface area contributed by atoms with E-state index in [1.54, 1.807) is 48.5 Å². The number of hydrogen-bond donors (Lipinski definition) is 2. The maximum absolute atomic E-state index is 12.5. The van der Waals surface area contributed by atoms with Crippen molar-refractivity contribution in [3.05, 3.63) is 88.9 Å². The number of carbonyl (C=O) groups is 1. The zero-order chi connectivity index (χ0) is 19.4. The standard InChI is InChI=1S/C20H17ClN2O3S/c1-14-4-2-3-5-19(14)20(24)22-16-10-12-18(13-11-16)27(25,26)23-17-8-6-15(21)7-9-17/h2-13,23H,1H3,(H,22,24). The lowest BCUT2D eigenvalue weighted by atomic mass is 10.1. The zero-order valence-electron chi connectivity index (χ0n) is 14.4. The Labute approximate surface area is 163 Å². The molecule has 0 aromatic heterocycles. The lowest BCUT2D eigenvalue weighted by Crippen LogP contribution is -2.14. The minimum Gasteiger partial charge on any atom is -0.322 e. The molecule has 2 N–H and O–H groups in total. The van der Waals surface area contributed by atoms with E-state index in [2.05, 4.69) is 10.0 Å². The molecule has 138 valence electrons. The Morgan fingerprint density at radius 3 is 2.07 bits per heavy atom. The lowest BCUT2D eigenvalue weighted by Gasteiger charge is -2.10. The van der Waals surface area contributed by atoms with Gasteiger partial charge in [0.25, 0.3) is 15.9 Å². The van der Waals surface area contributed by atoms with E-state index in [0.717, 1.165) is 5.56 Å². The fraction of sp³-hybridized carbons (Fsp3) is 0.0500. The van der Waals surface area contributed by atoms with Gasteiger partial charge in [0.1, 0.15) is 0 Å². The summed E-state index contributed by atoms with van der Waals surface area (Å²) in [5.41, 5.74) is 2.35. The van der Waals surface area contributed by atoms with Crippen molar-refractivity contribution in [2.24, 2.45) is 0 Å². The first-order chi connectivity index (χ1) is 12.8. The van der Waals surface area contributed by atoms with Crippen LogP contribution >= 0.6 is 11.6 Å². The molecule has 0 aliphatic heterocycles. The summed E-state index contributed by atoms with van der Waals surface area (Å²) < 4.78 is 27.4. The highest BCUT2D eigenvalue weighted by Crippen LogP contribution is 2.20. The zero-order valence-corrected chi connectivity index (χ0v) is 16.0. The monoisotopic (exact) mass is 400 g/mol. The summed E-state index contributed by atoms with van der Waals surface area (Å²) in [6, 6.07) is 19.6. The van der Waals surface area contributed by atoms with Crippen molar-refractivity contribution < 1.29 is 13.2 Å². The number of hydrogen-bond acceptors (Lipinski definition) is 3. The Morgan fingerprint density at radius 1 is 0.852 bits per heavy atom. The van der Waals surface area contributed by atoms with Gasteiger partial charge in [-0.05, 0) is 67.1 Å². The molecular weight excluding hydrogens is 384 g/mol. The number of amides is 1. The van der Waals surface area contributed by atoms with Gasteiger partial charge in [0, 0.05) is 22.0 Å². The summed E-state index contributed by atoms with van der Waals surface area (Å²) in [4.78, 5) is 12.4. The van der Waals surface area contributed by atoms with Crippen LogP contribution < -0.4 is 10.0 Å². The second-order valence-electron chi connectivity index (χ2n) is 5.91. The summed E-state index contributed by atoms with van der Waals surface area (Å²) in [5.74, 6) is -0.247. The lowest BCUT2D eigenvalue weighted by molar-refractivity contribution is 0.102. The maximum atomic E-state index is 12.5. The summed E-state index contributed by atoms with van der Waals surface area (Å²) in [7, 11) is -3.74.